The number of halogens is 2. The average Bonchev–Trinajstić information content (AvgIpc) is 3.19. The van der Waals surface area contributed by atoms with Gasteiger partial charge in [-0.25, -0.2) is 9.48 Å². The molecule has 0 aliphatic rings. The highest BCUT2D eigenvalue weighted by atomic mass is 35.5. The van der Waals surface area contributed by atoms with E-state index in [9.17, 15) is 9.59 Å². The molecular weight excluding hydrogens is 485 g/mol. The highest BCUT2D eigenvalue weighted by Gasteiger charge is 2.25. The number of amides is 3. The molecule has 0 atom stereocenters. The Labute approximate surface area is 216 Å². The van der Waals surface area contributed by atoms with E-state index in [1.165, 1.54) is 4.90 Å². The second kappa shape index (κ2) is 10.7. The van der Waals surface area contributed by atoms with Crippen LogP contribution in [0.5, 0.6) is 0 Å². The van der Waals surface area contributed by atoms with E-state index in [0.717, 1.165) is 16.9 Å². The van der Waals surface area contributed by atoms with Crippen LogP contribution in [0.4, 0.5) is 16.3 Å². The Hall–Kier alpha value is -3.03. The fourth-order valence-electron chi connectivity index (χ4n) is 3.34. The third-order valence-corrected chi connectivity index (χ3v) is 6.05. The number of benzene rings is 2. The van der Waals surface area contributed by atoms with Crippen LogP contribution in [0.25, 0.3) is 5.69 Å². The van der Waals surface area contributed by atoms with Crippen LogP contribution in [0.2, 0.25) is 10.0 Å². The zero-order valence-electron chi connectivity index (χ0n) is 20.8. The molecule has 9 heteroatoms. The first-order chi connectivity index (χ1) is 16.4. The second-order valence-electron chi connectivity index (χ2n) is 9.71. The van der Waals surface area contributed by atoms with Gasteiger partial charge in [0.1, 0.15) is 12.4 Å². The number of nitrogens with zero attached hydrogens (tertiary/aromatic N) is 3. The number of carbonyl (C=O) groups excluding carboxylic acids is 2. The van der Waals surface area contributed by atoms with Crippen LogP contribution in [0.1, 0.15) is 45.9 Å². The maximum atomic E-state index is 13.1. The predicted octanol–water partition coefficient (Wildman–Crippen LogP) is 6.67. The van der Waals surface area contributed by atoms with Gasteiger partial charge in [0.25, 0.3) is 0 Å². The zero-order valence-corrected chi connectivity index (χ0v) is 22.3. The summed E-state index contributed by atoms with van der Waals surface area (Å²) in [6, 6.07) is 14.0. The molecule has 0 radical (unpaired) electrons. The Morgan fingerprint density at radius 2 is 1.63 bits per heavy atom. The summed E-state index contributed by atoms with van der Waals surface area (Å²) in [5.41, 5.74) is 2.88. The molecule has 3 amide bonds. The minimum Gasteiger partial charge on any atom is -0.313 e. The van der Waals surface area contributed by atoms with E-state index >= 15 is 0 Å². The summed E-state index contributed by atoms with van der Waals surface area (Å²) >= 11 is 12.4. The number of urea groups is 1. The lowest BCUT2D eigenvalue weighted by Crippen LogP contribution is -2.44. The number of hydrogen-bond acceptors (Lipinski definition) is 3. The van der Waals surface area contributed by atoms with Gasteiger partial charge in [0.05, 0.1) is 27.1 Å². The molecule has 3 rings (SSSR count). The minimum atomic E-state index is -0.479. The third-order valence-electron chi connectivity index (χ3n) is 5.42. The maximum Gasteiger partial charge on any atom is 0.322 e. The van der Waals surface area contributed by atoms with Crippen molar-refractivity contribution < 1.29 is 9.59 Å². The van der Waals surface area contributed by atoms with Gasteiger partial charge in [-0.15, -0.1) is 0 Å². The first-order valence-electron chi connectivity index (χ1n) is 11.4. The average molecular weight is 516 g/mol. The van der Waals surface area contributed by atoms with Crippen molar-refractivity contribution >= 4 is 46.6 Å². The number of anilines is 2. The monoisotopic (exact) mass is 515 g/mol. The van der Waals surface area contributed by atoms with Crippen LogP contribution < -0.4 is 10.6 Å². The number of rotatable bonds is 6. The van der Waals surface area contributed by atoms with E-state index in [2.05, 4.69) is 31.4 Å². The molecule has 1 aromatic heterocycles. The number of aromatic nitrogens is 2. The van der Waals surface area contributed by atoms with Crippen LogP contribution in [0.3, 0.4) is 0 Å². The molecule has 0 bridgehead atoms. The van der Waals surface area contributed by atoms with Crippen LogP contribution >= 0.6 is 23.2 Å². The van der Waals surface area contributed by atoms with Crippen LogP contribution in [0, 0.1) is 6.92 Å². The first-order valence-corrected chi connectivity index (χ1v) is 12.1. The summed E-state index contributed by atoms with van der Waals surface area (Å²) in [4.78, 5) is 27.5. The van der Waals surface area contributed by atoms with Gasteiger partial charge in [0, 0.05) is 17.5 Å². The van der Waals surface area contributed by atoms with E-state index in [1.807, 2.05) is 51.1 Å². The molecule has 186 valence electrons. The van der Waals surface area contributed by atoms with Gasteiger partial charge >= 0.3 is 6.03 Å². The first kappa shape index (κ1) is 26.6. The molecule has 0 spiro atoms. The molecule has 0 saturated heterocycles. The number of carbonyl (C=O) groups is 2. The minimum absolute atomic E-state index is 0.171. The maximum absolute atomic E-state index is 13.1. The van der Waals surface area contributed by atoms with Crippen molar-refractivity contribution in [3.05, 3.63) is 69.8 Å². The van der Waals surface area contributed by atoms with Gasteiger partial charge in [0.15, 0.2) is 0 Å². The van der Waals surface area contributed by atoms with Crippen molar-refractivity contribution in [2.75, 3.05) is 17.2 Å². The van der Waals surface area contributed by atoms with Gasteiger partial charge in [-0.3, -0.25) is 4.79 Å². The smallest absolute Gasteiger partial charge is 0.313 e. The van der Waals surface area contributed by atoms with Gasteiger partial charge in [0.2, 0.25) is 5.91 Å². The second-order valence-corrected chi connectivity index (χ2v) is 10.5. The van der Waals surface area contributed by atoms with Crippen LogP contribution in [-0.2, 0) is 10.2 Å². The molecule has 0 saturated carbocycles. The summed E-state index contributed by atoms with van der Waals surface area (Å²) < 4.78 is 1.71. The number of aryl methyl sites for hydroxylation is 1. The SMILES string of the molecule is Cc1ccc(-n2nc(C(C)(C)C)cc2NC(=O)CN(C(=O)Nc2c(Cl)cccc2Cl)C(C)C)cc1. The lowest BCUT2D eigenvalue weighted by atomic mass is 9.92. The van der Waals surface area contributed by atoms with E-state index in [1.54, 1.807) is 22.9 Å². The summed E-state index contributed by atoms with van der Waals surface area (Å²) in [6.45, 7) is 11.7. The summed E-state index contributed by atoms with van der Waals surface area (Å²) in [7, 11) is 0. The van der Waals surface area contributed by atoms with Crippen molar-refractivity contribution in [3.8, 4) is 5.69 Å². The van der Waals surface area contributed by atoms with Crippen molar-refractivity contribution in [3.63, 3.8) is 0 Å². The fraction of sp³-hybridized carbons (Fsp3) is 0.346. The number of hydrogen-bond donors (Lipinski definition) is 2. The third kappa shape index (κ3) is 6.55. The van der Waals surface area contributed by atoms with Gasteiger partial charge in [-0.2, -0.15) is 5.10 Å². The van der Waals surface area contributed by atoms with E-state index in [0.29, 0.717) is 21.6 Å². The standard InChI is InChI=1S/C26H31Cl2N5O2/c1-16(2)32(25(35)30-24-19(27)8-7-9-20(24)28)15-23(34)29-22-14-21(26(4,5)6)31-33(22)18-12-10-17(3)11-13-18/h7-14,16H,15H2,1-6H3,(H,29,34)(H,30,35). The Kier molecular flexibility index (Phi) is 8.13. The molecule has 2 aromatic carbocycles. The highest BCUT2D eigenvalue weighted by molar-refractivity contribution is 6.39. The number of nitrogens with one attached hydrogen (secondary N) is 2. The Morgan fingerprint density at radius 3 is 2.17 bits per heavy atom. The van der Waals surface area contributed by atoms with Crippen molar-refractivity contribution in [1.29, 1.82) is 0 Å². The topological polar surface area (TPSA) is 79.3 Å². The molecular formula is C26H31Cl2N5O2. The predicted molar refractivity (Wildman–Crippen MR) is 143 cm³/mol. The Bertz CT molecular complexity index is 1190. The summed E-state index contributed by atoms with van der Waals surface area (Å²) in [6.07, 6.45) is 0. The van der Waals surface area contributed by atoms with Crippen LogP contribution in [-0.4, -0.2) is 39.2 Å². The summed E-state index contributed by atoms with van der Waals surface area (Å²) in [5, 5.41) is 11.0. The van der Waals surface area contributed by atoms with E-state index < -0.39 is 6.03 Å². The fourth-order valence-corrected chi connectivity index (χ4v) is 3.83. The van der Waals surface area contributed by atoms with Crippen molar-refractivity contribution in [2.45, 2.75) is 53.0 Å². The van der Waals surface area contributed by atoms with E-state index in [4.69, 9.17) is 28.3 Å². The lowest BCUT2D eigenvalue weighted by molar-refractivity contribution is -0.117. The molecule has 0 aliphatic carbocycles. The number of para-hydroxylation sites is 1. The largest absolute Gasteiger partial charge is 0.322 e. The van der Waals surface area contributed by atoms with Gasteiger partial charge in [-0.05, 0) is 45.0 Å². The molecule has 0 aliphatic heterocycles. The van der Waals surface area contributed by atoms with Crippen molar-refractivity contribution in [1.82, 2.24) is 14.7 Å². The molecule has 35 heavy (non-hydrogen) atoms. The van der Waals surface area contributed by atoms with Gasteiger partial charge < -0.3 is 15.5 Å². The summed E-state index contributed by atoms with van der Waals surface area (Å²) in [5.74, 6) is 0.176. The van der Waals surface area contributed by atoms with Gasteiger partial charge in [-0.1, -0.05) is 67.7 Å². The molecule has 0 fully saturated rings. The molecule has 0 unspecified atom stereocenters. The van der Waals surface area contributed by atoms with Crippen molar-refractivity contribution in [2.24, 2.45) is 0 Å². The molecule has 2 N–H and O–H groups in total. The zero-order chi connectivity index (χ0) is 25.9. The Morgan fingerprint density at radius 1 is 1.03 bits per heavy atom. The van der Waals surface area contributed by atoms with E-state index in [-0.39, 0.29) is 23.9 Å². The van der Waals surface area contributed by atoms with Crippen LogP contribution in [0.15, 0.2) is 48.5 Å². The quantitative estimate of drug-likeness (QED) is 0.384. The highest BCUT2D eigenvalue weighted by Crippen LogP contribution is 2.30. The Balaban J connectivity index is 1.83. The molecule has 3 aromatic rings. The molecule has 7 nitrogen and oxygen atoms in total. The lowest BCUT2D eigenvalue weighted by Gasteiger charge is -2.26. The normalized spacial score (nSPS) is 11.5. The molecule has 1 heterocycles.